The second-order valence-electron chi connectivity index (χ2n) is 7.30. The molecule has 2 amide bonds. The molecule has 146 valence electrons. The van der Waals surface area contributed by atoms with E-state index < -0.39 is 36.2 Å². The van der Waals surface area contributed by atoms with Crippen molar-refractivity contribution in [3.8, 4) is 0 Å². The van der Waals surface area contributed by atoms with Crippen LogP contribution in [0, 0.1) is 0 Å². The molecule has 2 rings (SSSR count). The van der Waals surface area contributed by atoms with Gasteiger partial charge < -0.3 is 25.0 Å². The zero-order valence-corrected chi connectivity index (χ0v) is 15.9. The zero-order valence-electron chi connectivity index (χ0n) is 15.9. The lowest BCUT2D eigenvalue weighted by atomic mass is 10.0. The summed E-state index contributed by atoms with van der Waals surface area (Å²) in [5.41, 5.74) is 1.14. The van der Waals surface area contributed by atoms with Crippen molar-refractivity contribution in [3.05, 3.63) is 36.0 Å². The Morgan fingerprint density at radius 1 is 1.22 bits per heavy atom. The molecule has 0 spiro atoms. The number of rotatable bonds is 6. The van der Waals surface area contributed by atoms with Gasteiger partial charge in [0.15, 0.2) is 0 Å². The summed E-state index contributed by atoms with van der Waals surface area (Å²) in [4.78, 5) is 35.3. The third kappa shape index (κ3) is 5.73. The SMILES string of the molecule is Cn1cc(C[C@@H](NC(=O)OC(C)(C)C)C(=O)NCC(=O)O)c2ccccc21. The van der Waals surface area contributed by atoms with Crippen molar-refractivity contribution in [3.63, 3.8) is 0 Å². The number of ether oxygens (including phenoxy) is 1. The maximum absolute atomic E-state index is 12.4. The van der Waals surface area contributed by atoms with Gasteiger partial charge in [0.1, 0.15) is 18.2 Å². The van der Waals surface area contributed by atoms with Crippen LogP contribution in [0.1, 0.15) is 26.3 Å². The molecule has 1 aromatic carbocycles. The minimum Gasteiger partial charge on any atom is -0.480 e. The second kappa shape index (κ2) is 8.11. The lowest BCUT2D eigenvalue weighted by molar-refractivity contribution is -0.138. The van der Waals surface area contributed by atoms with Crippen LogP contribution >= 0.6 is 0 Å². The number of para-hydroxylation sites is 1. The highest BCUT2D eigenvalue weighted by atomic mass is 16.6. The second-order valence-corrected chi connectivity index (χ2v) is 7.30. The van der Waals surface area contributed by atoms with Crippen LogP contribution in [-0.2, 0) is 27.8 Å². The number of carboxylic acid groups (broad SMARTS) is 1. The largest absolute Gasteiger partial charge is 0.480 e. The number of benzene rings is 1. The van der Waals surface area contributed by atoms with Gasteiger partial charge in [0.05, 0.1) is 0 Å². The maximum atomic E-state index is 12.4. The van der Waals surface area contributed by atoms with Gasteiger partial charge in [-0.2, -0.15) is 0 Å². The fourth-order valence-corrected chi connectivity index (χ4v) is 2.75. The van der Waals surface area contributed by atoms with Crippen LogP contribution in [0.4, 0.5) is 4.79 Å². The summed E-state index contributed by atoms with van der Waals surface area (Å²) < 4.78 is 7.16. The van der Waals surface area contributed by atoms with Crippen LogP contribution in [0.25, 0.3) is 10.9 Å². The number of aryl methyl sites for hydroxylation is 1. The summed E-state index contributed by atoms with van der Waals surface area (Å²) in [5, 5.41) is 14.6. The van der Waals surface area contributed by atoms with Gasteiger partial charge in [0, 0.05) is 30.6 Å². The molecule has 0 aliphatic rings. The first kappa shape index (κ1) is 20.3. The van der Waals surface area contributed by atoms with Crippen molar-refractivity contribution < 1.29 is 24.2 Å². The Kier molecular flexibility index (Phi) is 6.09. The van der Waals surface area contributed by atoms with E-state index in [9.17, 15) is 14.4 Å². The van der Waals surface area contributed by atoms with Gasteiger partial charge >= 0.3 is 12.1 Å². The van der Waals surface area contributed by atoms with E-state index in [1.807, 2.05) is 42.1 Å². The first-order valence-corrected chi connectivity index (χ1v) is 8.59. The van der Waals surface area contributed by atoms with E-state index >= 15 is 0 Å². The van der Waals surface area contributed by atoms with Gasteiger partial charge in [-0.25, -0.2) is 4.79 Å². The van der Waals surface area contributed by atoms with Crippen LogP contribution in [0.5, 0.6) is 0 Å². The van der Waals surface area contributed by atoms with Crippen LogP contribution in [0.3, 0.4) is 0 Å². The summed E-state index contributed by atoms with van der Waals surface area (Å²) >= 11 is 0. The Labute approximate surface area is 157 Å². The molecule has 0 fully saturated rings. The summed E-state index contributed by atoms with van der Waals surface area (Å²) in [6.07, 6.45) is 1.35. The highest BCUT2D eigenvalue weighted by molar-refractivity contribution is 5.90. The average Bonchev–Trinajstić information content (AvgIpc) is 2.87. The maximum Gasteiger partial charge on any atom is 0.408 e. The average molecular weight is 375 g/mol. The van der Waals surface area contributed by atoms with Gasteiger partial charge in [0.25, 0.3) is 0 Å². The molecule has 0 aliphatic carbocycles. The molecule has 1 atom stereocenters. The Morgan fingerprint density at radius 2 is 1.89 bits per heavy atom. The van der Waals surface area contributed by atoms with Gasteiger partial charge in [-0.3, -0.25) is 9.59 Å². The number of aromatic nitrogens is 1. The standard InChI is InChI=1S/C19H25N3O5/c1-19(2,3)27-18(26)21-14(17(25)20-10-16(23)24)9-12-11-22(4)15-8-6-5-7-13(12)15/h5-8,11,14H,9-10H2,1-4H3,(H,20,25)(H,21,26)(H,23,24)/t14-/m1/s1. The number of fused-ring (bicyclic) bond motifs is 1. The Hall–Kier alpha value is -3.03. The normalized spacial score (nSPS) is 12.4. The molecule has 0 unspecified atom stereocenters. The van der Waals surface area contributed by atoms with Gasteiger partial charge in [-0.05, 0) is 32.4 Å². The molecular weight excluding hydrogens is 350 g/mol. The molecule has 0 saturated heterocycles. The van der Waals surface area contributed by atoms with E-state index in [0.29, 0.717) is 0 Å². The molecule has 0 aliphatic heterocycles. The highest BCUT2D eigenvalue weighted by Crippen LogP contribution is 2.21. The summed E-state index contributed by atoms with van der Waals surface area (Å²) in [7, 11) is 1.90. The van der Waals surface area contributed by atoms with E-state index in [1.165, 1.54) is 0 Å². The summed E-state index contributed by atoms with van der Waals surface area (Å²) in [5.74, 6) is -1.75. The molecule has 8 nitrogen and oxygen atoms in total. The van der Waals surface area contributed by atoms with Crippen LogP contribution < -0.4 is 10.6 Å². The van der Waals surface area contributed by atoms with Crippen LogP contribution in [0.15, 0.2) is 30.5 Å². The monoisotopic (exact) mass is 375 g/mol. The number of amides is 2. The predicted molar refractivity (Wildman–Crippen MR) is 100 cm³/mol. The summed E-state index contributed by atoms with van der Waals surface area (Å²) in [6.45, 7) is 4.63. The lowest BCUT2D eigenvalue weighted by Gasteiger charge is -2.23. The fourth-order valence-electron chi connectivity index (χ4n) is 2.75. The quantitative estimate of drug-likeness (QED) is 0.713. The third-order valence-electron chi connectivity index (χ3n) is 3.82. The Balaban J connectivity index is 2.23. The molecule has 27 heavy (non-hydrogen) atoms. The van der Waals surface area contributed by atoms with Crippen molar-refractivity contribution >= 4 is 28.9 Å². The van der Waals surface area contributed by atoms with Crippen LogP contribution in [0.2, 0.25) is 0 Å². The van der Waals surface area contributed by atoms with Crippen molar-refractivity contribution in [2.24, 2.45) is 7.05 Å². The minimum absolute atomic E-state index is 0.200. The van der Waals surface area contributed by atoms with Gasteiger partial charge in [-0.1, -0.05) is 18.2 Å². The molecule has 3 N–H and O–H groups in total. The molecule has 0 saturated carbocycles. The van der Waals surface area contributed by atoms with Crippen molar-refractivity contribution in [2.45, 2.75) is 38.8 Å². The molecule has 0 radical (unpaired) electrons. The van der Waals surface area contributed by atoms with E-state index in [4.69, 9.17) is 9.84 Å². The smallest absolute Gasteiger partial charge is 0.408 e. The molecular formula is C19H25N3O5. The van der Waals surface area contributed by atoms with E-state index in [-0.39, 0.29) is 6.42 Å². The number of carboxylic acids is 1. The number of carbonyl (C=O) groups is 3. The van der Waals surface area contributed by atoms with Gasteiger partial charge in [-0.15, -0.1) is 0 Å². The van der Waals surface area contributed by atoms with E-state index in [2.05, 4.69) is 10.6 Å². The molecule has 2 aromatic rings. The van der Waals surface area contributed by atoms with E-state index in [1.54, 1.807) is 20.8 Å². The number of hydrogen-bond acceptors (Lipinski definition) is 4. The fraction of sp³-hybridized carbons (Fsp3) is 0.421. The number of nitrogens with one attached hydrogen (secondary N) is 2. The Bertz CT molecular complexity index is 851. The molecule has 1 heterocycles. The number of nitrogens with zero attached hydrogens (tertiary/aromatic N) is 1. The summed E-state index contributed by atoms with van der Waals surface area (Å²) in [6, 6.07) is 6.74. The Morgan fingerprint density at radius 3 is 2.52 bits per heavy atom. The first-order chi connectivity index (χ1) is 12.6. The first-order valence-electron chi connectivity index (χ1n) is 8.59. The molecule has 0 bridgehead atoms. The number of aliphatic carboxylic acids is 1. The predicted octanol–water partition coefficient (Wildman–Crippen LogP) is 1.81. The zero-order chi connectivity index (χ0) is 20.2. The van der Waals surface area contributed by atoms with E-state index in [0.717, 1.165) is 16.5 Å². The number of carbonyl (C=O) groups excluding carboxylic acids is 2. The highest BCUT2D eigenvalue weighted by Gasteiger charge is 2.26. The van der Waals surface area contributed by atoms with Gasteiger partial charge in [0.2, 0.25) is 5.91 Å². The number of alkyl carbamates (subject to hydrolysis) is 1. The number of hydrogen-bond donors (Lipinski definition) is 3. The molecule has 1 aromatic heterocycles. The van der Waals surface area contributed by atoms with Crippen molar-refractivity contribution in [1.29, 1.82) is 0 Å². The van der Waals surface area contributed by atoms with Crippen LogP contribution in [-0.4, -0.2) is 45.8 Å². The minimum atomic E-state index is -1.16. The topological polar surface area (TPSA) is 110 Å². The lowest BCUT2D eigenvalue weighted by Crippen LogP contribution is -2.50. The molecule has 8 heteroatoms. The van der Waals surface area contributed by atoms with Crippen molar-refractivity contribution in [2.75, 3.05) is 6.54 Å². The third-order valence-corrected chi connectivity index (χ3v) is 3.82. The van der Waals surface area contributed by atoms with Crippen molar-refractivity contribution in [1.82, 2.24) is 15.2 Å².